The fraction of sp³-hybridized carbons (Fsp3) is 0.625. The maximum absolute atomic E-state index is 5.64. The highest BCUT2D eigenvalue weighted by Crippen LogP contribution is 2.25. The molecule has 0 amide bonds. The molecular formula is C16H28N2O. The van der Waals surface area contributed by atoms with Crippen molar-refractivity contribution < 1.29 is 4.74 Å². The molecule has 0 atom stereocenters. The van der Waals surface area contributed by atoms with Crippen LogP contribution in [-0.2, 0) is 5.41 Å². The number of hydrogen-bond acceptors (Lipinski definition) is 3. The van der Waals surface area contributed by atoms with Crippen LogP contribution in [0, 0.1) is 0 Å². The van der Waals surface area contributed by atoms with Crippen LogP contribution in [0.4, 0.5) is 0 Å². The maximum atomic E-state index is 5.64. The Labute approximate surface area is 117 Å². The van der Waals surface area contributed by atoms with E-state index in [1.54, 1.807) is 7.11 Å². The smallest absolute Gasteiger partial charge is 0.118 e. The molecule has 0 aliphatic heterocycles. The SMILES string of the molecule is COc1ccc(C(C)(C)CNC(C)(C)CCN)cc1. The second kappa shape index (κ2) is 6.40. The Balaban J connectivity index is 2.69. The summed E-state index contributed by atoms with van der Waals surface area (Å²) in [4.78, 5) is 0. The minimum absolute atomic E-state index is 0.0815. The van der Waals surface area contributed by atoms with Gasteiger partial charge in [0.1, 0.15) is 5.75 Å². The molecule has 3 nitrogen and oxygen atoms in total. The molecule has 0 heterocycles. The minimum atomic E-state index is 0.0815. The lowest BCUT2D eigenvalue weighted by Gasteiger charge is -2.33. The third-order valence-electron chi connectivity index (χ3n) is 3.65. The highest BCUT2D eigenvalue weighted by Gasteiger charge is 2.24. The van der Waals surface area contributed by atoms with Gasteiger partial charge in [-0.15, -0.1) is 0 Å². The van der Waals surface area contributed by atoms with E-state index in [1.807, 2.05) is 12.1 Å². The van der Waals surface area contributed by atoms with Crippen molar-refractivity contribution in [3.8, 4) is 5.75 Å². The molecule has 108 valence electrons. The molecule has 0 fully saturated rings. The van der Waals surface area contributed by atoms with Gasteiger partial charge in [0.15, 0.2) is 0 Å². The van der Waals surface area contributed by atoms with Gasteiger partial charge in [0.2, 0.25) is 0 Å². The van der Waals surface area contributed by atoms with E-state index >= 15 is 0 Å². The van der Waals surface area contributed by atoms with Crippen LogP contribution in [0.1, 0.15) is 39.7 Å². The van der Waals surface area contributed by atoms with Crippen LogP contribution >= 0.6 is 0 Å². The zero-order valence-electron chi connectivity index (χ0n) is 12.9. The molecule has 1 rings (SSSR count). The lowest BCUT2D eigenvalue weighted by Crippen LogP contribution is -2.46. The molecule has 0 radical (unpaired) electrons. The molecule has 1 aromatic rings. The Bertz CT molecular complexity index is 382. The number of hydrogen-bond donors (Lipinski definition) is 2. The Morgan fingerprint density at radius 2 is 1.68 bits per heavy atom. The summed E-state index contributed by atoms with van der Waals surface area (Å²) in [7, 11) is 1.69. The maximum Gasteiger partial charge on any atom is 0.118 e. The fourth-order valence-electron chi connectivity index (χ4n) is 2.05. The molecule has 0 aliphatic rings. The third-order valence-corrected chi connectivity index (χ3v) is 3.65. The average molecular weight is 264 g/mol. The van der Waals surface area contributed by atoms with Crippen LogP contribution in [0.25, 0.3) is 0 Å². The summed E-state index contributed by atoms with van der Waals surface area (Å²) < 4.78 is 5.20. The van der Waals surface area contributed by atoms with E-state index in [-0.39, 0.29) is 11.0 Å². The van der Waals surface area contributed by atoms with Crippen LogP contribution in [-0.4, -0.2) is 25.7 Å². The van der Waals surface area contributed by atoms with Crippen molar-refractivity contribution in [1.29, 1.82) is 0 Å². The first-order valence-corrected chi connectivity index (χ1v) is 6.90. The average Bonchev–Trinajstić information content (AvgIpc) is 2.37. The Morgan fingerprint density at radius 3 is 2.16 bits per heavy atom. The Hall–Kier alpha value is -1.06. The van der Waals surface area contributed by atoms with E-state index in [0.29, 0.717) is 6.54 Å². The van der Waals surface area contributed by atoms with Gasteiger partial charge >= 0.3 is 0 Å². The monoisotopic (exact) mass is 264 g/mol. The number of benzene rings is 1. The first kappa shape index (κ1) is 16.0. The van der Waals surface area contributed by atoms with Crippen molar-refractivity contribution in [2.75, 3.05) is 20.2 Å². The number of ether oxygens (including phenoxy) is 1. The van der Waals surface area contributed by atoms with Gasteiger partial charge in [-0.05, 0) is 44.5 Å². The first-order valence-electron chi connectivity index (χ1n) is 6.90. The van der Waals surface area contributed by atoms with Crippen molar-refractivity contribution in [2.45, 2.75) is 45.1 Å². The zero-order valence-corrected chi connectivity index (χ0v) is 12.9. The van der Waals surface area contributed by atoms with Crippen molar-refractivity contribution in [1.82, 2.24) is 5.32 Å². The predicted molar refractivity (Wildman–Crippen MR) is 81.8 cm³/mol. The molecule has 1 aromatic carbocycles. The first-order chi connectivity index (χ1) is 8.80. The summed E-state index contributed by atoms with van der Waals surface area (Å²) in [6, 6.07) is 8.30. The van der Waals surface area contributed by atoms with E-state index in [1.165, 1.54) is 5.56 Å². The number of rotatable bonds is 7. The summed E-state index contributed by atoms with van der Waals surface area (Å²) in [5, 5.41) is 3.62. The third kappa shape index (κ3) is 4.84. The summed E-state index contributed by atoms with van der Waals surface area (Å²) >= 11 is 0. The molecule has 3 heteroatoms. The van der Waals surface area contributed by atoms with Crippen molar-refractivity contribution in [3.63, 3.8) is 0 Å². The van der Waals surface area contributed by atoms with Gasteiger partial charge in [-0.2, -0.15) is 0 Å². The molecule has 0 unspecified atom stereocenters. The van der Waals surface area contributed by atoms with E-state index in [0.717, 1.165) is 18.7 Å². The molecular weight excluding hydrogens is 236 g/mol. The standard InChI is InChI=1S/C16H28N2O/c1-15(2,12-18-16(3,4)10-11-17)13-6-8-14(19-5)9-7-13/h6-9,18H,10-12,17H2,1-5H3. The highest BCUT2D eigenvalue weighted by atomic mass is 16.5. The molecule has 0 saturated carbocycles. The molecule has 0 spiro atoms. The lowest BCUT2D eigenvalue weighted by molar-refractivity contribution is 0.325. The molecule has 0 saturated heterocycles. The molecule has 3 N–H and O–H groups in total. The summed E-state index contributed by atoms with van der Waals surface area (Å²) in [6.45, 7) is 10.5. The van der Waals surface area contributed by atoms with Crippen LogP contribution in [0.2, 0.25) is 0 Å². The van der Waals surface area contributed by atoms with Gasteiger partial charge in [0.05, 0.1) is 7.11 Å². The number of nitrogens with two attached hydrogens (primary N) is 1. The van der Waals surface area contributed by atoms with Gasteiger partial charge in [0.25, 0.3) is 0 Å². The van der Waals surface area contributed by atoms with E-state index < -0.39 is 0 Å². The Kier molecular flexibility index (Phi) is 5.39. The highest BCUT2D eigenvalue weighted by molar-refractivity contribution is 5.31. The van der Waals surface area contributed by atoms with Crippen molar-refractivity contribution in [3.05, 3.63) is 29.8 Å². The minimum Gasteiger partial charge on any atom is -0.497 e. The van der Waals surface area contributed by atoms with E-state index in [9.17, 15) is 0 Å². The predicted octanol–water partition coefficient (Wildman–Crippen LogP) is 2.69. The van der Waals surface area contributed by atoms with Gasteiger partial charge in [-0.1, -0.05) is 26.0 Å². The second-order valence-corrected chi connectivity index (χ2v) is 6.39. The van der Waals surface area contributed by atoms with Crippen molar-refractivity contribution >= 4 is 0 Å². The molecule has 0 bridgehead atoms. The normalized spacial score (nSPS) is 12.5. The quantitative estimate of drug-likeness (QED) is 0.796. The Morgan fingerprint density at radius 1 is 1.11 bits per heavy atom. The molecule has 0 aliphatic carbocycles. The topological polar surface area (TPSA) is 47.3 Å². The molecule has 19 heavy (non-hydrogen) atoms. The van der Waals surface area contributed by atoms with E-state index in [2.05, 4.69) is 45.1 Å². The van der Waals surface area contributed by atoms with Gasteiger partial charge in [-0.25, -0.2) is 0 Å². The van der Waals surface area contributed by atoms with E-state index in [4.69, 9.17) is 10.5 Å². The fourth-order valence-corrected chi connectivity index (χ4v) is 2.05. The number of nitrogens with one attached hydrogen (secondary N) is 1. The summed E-state index contributed by atoms with van der Waals surface area (Å²) in [5.41, 5.74) is 7.12. The summed E-state index contributed by atoms with van der Waals surface area (Å²) in [6.07, 6.45) is 0.978. The van der Waals surface area contributed by atoms with Crippen LogP contribution < -0.4 is 15.8 Å². The largest absolute Gasteiger partial charge is 0.497 e. The van der Waals surface area contributed by atoms with Gasteiger partial charge < -0.3 is 15.8 Å². The summed E-state index contributed by atoms with van der Waals surface area (Å²) in [5.74, 6) is 0.899. The van der Waals surface area contributed by atoms with Gasteiger partial charge in [0, 0.05) is 17.5 Å². The van der Waals surface area contributed by atoms with Crippen LogP contribution in [0.5, 0.6) is 5.75 Å². The van der Waals surface area contributed by atoms with Crippen LogP contribution in [0.3, 0.4) is 0 Å². The zero-order chi connectivity index (χ0) is 14.5. The van der Waals surface area contributed by atoms with Crippen LogP contribution in [0.15, 0.2) is 24.3 Å². The van der Waals surface area contributed by atoms with Gasteiger partial charge in [-0.3, -0.25) is 0 Å². The second-order valence-electron chi connectivity index (χ2n) is 6.39. The number of methoxy groups -OCH3 is 1. The van der Waals surface area contributed by atoms with Crippen molar-refractivity contribution in [2.24, 2.45) is 5.73 Å². The lowest BCUT2D eigenvalue weighted by atomic mass is 9.83. The molecule has 0 aromatic heterocycles.